The van der Waals surface area contributed by atoms with E-state index in [1.165, 1.54) is 0 Å². The number of morpholine rings is 1. The number of aromatic nitrogens is 1. The lowest BCUT2D eigenvalue weighted by molar-refractivity contribution is 0.0391. The van der Waals surface area contributed by atoms with E-state index in [1.807, 2.05) is 35.4 Å². The van der Waals surface area contributed by atoms with Crippen LogP contribution >= 0.6 is 47.3 Å². The number of carbonyl (C=O) groups excluding carboxylic acids is 1. The Morgan fingerprint density at radius 1 is 1.13 bits per heavy atom. The molecule has 5 nitrogen and oxygen atoms in total. The monoisotopic (exact) mass is 495 g/mol. The fourth-order valence-corrected chi connectivity index (χ4v) is 5.48. The molecule has 0 bridgehead atoms. The Bertz CT molecular complexity index is 1010. The molecule has 0 aliphatic carbocycles. The zero-order chi connectivity index (χ0) is 20.9. The van der Waals surface area contributed by atoms with Crippen LogP contribution in [0.15, 0.2) is 52.3 Å². The van der Waals surface area contributed by atoms with Crippen LogP contribution in [0.3, 0.4) is 0 Å². The van der Waals surface area contributed by atoms with Crippen LogP contribution < -0.4 is 4.90 Å². The maximum Gasteiger partial charge on any atom is 0.260 e. The van der Waals surface area contributed by atoms with Gasteiger partial charge < -0.3 is 4.74 Å². The first kappa shape index (κ1) is 24.4. The van der Waals surface area contributed by atoms with Crippen LogP contribution in [0.2, 0.25) is 0 Å². The summed E-state index contributed by atoms with van der Waals surface area (Å²) in [4.78, 5) is 24.9. The molecule has 2 heterocycles. The number of fused-ring (bicyclic) bond motifs is 1. The molecule has 1 aromatic heterocycles. The van der Waals surface area contributed by atoms with Crippen molar-refractivity contribution < 1.29 is 9.53 Å². The second kappa shape index (κ2) is 11.5. The molecule has 0 unspecified atom stereocenters. The highest BCUT2D eigenvalue weighted by Crippen LogP contribution is 2.34. The zero-order valence-corrected chi connectivity index (χ0v) is 20.8. The van der Waals surface area contributed by atoms with Crippen molar-refractivity contribution in [3.8, 4) is 0 Å². The molecule has 1 aliphatic rings. The highest BCUT2D eigenvalue weighted by molar-refractivity contribution is 7.99. The Balaban J connectivity index is 0.00000272. The summed E-state index contributed by atoms with van der Waals surface area (Å²) in [6.45, 7) is 4.73. The molecule has 1 amide bonds. The zero-order valence-electron chi connectivity index (χ0n) is 17.6. The lowest BCUT2D eigenvalue weighted by Gasteiger charge is -2.29. The number of para-hydroxylation sites is 1. The third-order valence-electron chi connectivity index (χ3n) is 5.15. The van der Waals surface area contributed by atoms with Gasteiger partial charge in [0.1, 0.15) is 0 Å². The van der Waals surface area contributed by atoms with E-state index in [4.69, 9.17) is 9.72 Å². The van der Waals surface area contributed by atoms with E-state index in [2.05, 4.69) is 29.4 Å². The quantitative estimate of drug-likeness (QED) is 0.423. The molecular formula is C22H26ClN3O2S3. The number of ether oxygens (including phenoxy) is 1. The molecule has 1 aliphatic heterocycles. The number of carbonyl (C=O) groups is 1. The molecule has 4 rings (SSSR count). The summed E-state index contributed by atoms with van der Waals surface area (Å²) < 4.78 is 6.57. The summed E-state index contributed by atoms with van der Waals surface area (Å²) in [5, 5.41) is 0.763. The second-order valence-corrected chi connectivity index (χ2v) is 9.68. The molecule has 9 heteroatoms. The highest BCUT2D eigenvalue weighted by Gasteiger charge is 2.23. The Morgan fingerprint density at radius 3 is 2.55 bits per heavy atom. The second-order valence-electron chi connectivity index (χ2n) is 6.94. The number of hydrogen-bond donors (Lipinski definition) is 0. The van der Waals surface area contributed by atoms with E-state index in [9.17, 15) is 4.79 Å². The molecule has 0 N–H and O–H groups in total. The maximum atomic E-state index is 13.5. The number of thioether (sulfide) groups is 2. The summed E-state index contributed by atoms with van der Waals surface area (Å²) in [7, 11) is 0. The summed E-state index contributed by atoms with van der Waals surface area (Å²) in [6.07, 6.45) is 4.10. The van der Waals surface area contributed by atoms with Gasteiger partial charge in [0.05, 0.1) is 23.4 Å². The third-order valence-corrected chi connectivity index (χ3v) is 7.70. The third kappa shape index (κ3) is 5.74. The molecule has 3 aromatic rings. The summed E-state index contributed by atoms with van der Waals surface area (Å²) >= 11 is 4.94. The number of rotatable bonds is 7. The average molecular weight is 496 g/mol. The van der Waals surface area contributed by atoms with E-state index in [0.29, 0.717) is 12.1 Å². The van der Waals surface area contributed by atoms with Crippen LogP contribution in [-0.2, 0) is 4.74 Å². The van der Waals surface area contributed by atoms with Crippen LogP contribution in [0.5, 0.6) is 0 Å². The average Bonchev–Trinajstić information content (AvgIpc) is 3.24. The van der Waals surface area contributed by atoms with Gasteiger partial charge in [-0.2, -0.15) is 0 Å². The predicted molar refractivity (Wildman–Crippen MR) is 136 cm³/mol. The van der Waals surface area contributed by atoms with Crippen LogP contribution in [-0.4, -0.2) is 67.7 Å². The minimum absolute atomic E-state index is 0. The van der Waals surface area contributed by atoms with Gasteiger partial charge in [-0.3, -0.25) is 14.6 Å². The van der Waals surface area contributed by atoms with Crippen molar-refractivity contribution in [1.29, 1.82) is 0 Å². The molecule has 0 saturated carbocycles. The number of hydrogen-bond acceptors (Lipinski definition) is 7. The Morgan fingerprint density at radius 2 is 1.87 bits per heavy atom. The molecule has 2 aromatic carbocycles. The topological polar surface area (TPSA) is 45.7 Å². The number of halogens is 1. The number of thiazole rings is 1. The fraction of sp³-hybridized carbons (Fsp3) is 0.364. The van der Waals surface area contributed by atoms with Gasteiger partial charge in [-0.05, 0) is 48.9 Å². The molecule has 0 spiro atoms. The van der Waals surface area contributed by atoms with Gasteiger partial charge in [-0.25, -0.2) is 4.98 Å². The van der Waals surface area contributed by atoms with E-state index in [0.717, 1.165) is 58.0 Å². The van der Waals surface area contributed by atoms with Gasteiger partial charge in [-0.15, -0.1) is 35.9 Å². The predicted octanol–water partition coefficient (Wildman–Crippen LogP) is 5.14. The Hall–Kier alpha value is -1.29. The van der Waals surface area contributed by atoms with Crippen LogP contribution in [0.1, 0.15) is 10.4 Å². The normalized spacial score (nSPS) is 14.4. The summed E-state index contributed by atoms with van der Waals surface area (Å²) in [6, 6.07) is 14.0. The first-order valence-corrected chi connectivity index (χ1v) is 13.2. The Kier molecular flexibility index (Phi) is 9.06. The lowest BCUT2D eigenvalue weighted by atomic mass is 10.2. The minimum atomic E-state index is 0. The highest BCUT2D eigenvalue weighted by atomic mass is 35.5. The SMILES string of the molecule is CSc1ccc(C(=O)N(CCN2CCOCC2)c2nc3c(SC)cccc3s2)cc1.Cl. The van der Waals surface area contributed by atoms with Gasteiger partial charge >= 0.3 is 0 Å². The van der Waals surface area contributed by atoms with E-state index in [1.54, 1.807) is 34.9 Å². The number of anilines is 1. The number of benzene rings is 2. The summed E-state index contributed by atoms with van der Waals surface area (Å²) in [5.74, 6) is 0.000621. The lowest BCUT2D eigenvalue weighted by Crippen LogP contribution is -2.43. The van der Waals surface area contributed by atoms with Crippen molar-refractivity contribution in [3.05, 3.63) is 48.0 Å². The number of nitrogens with zero attached hydrogens (tertiary/aromatic N) is 3. The van der Waals surface area contributed by atoms with E-state index < -0.39 is 0 Å². The van der Waals surface area contributed by atoms with Crippen molar-refractivity contribution in [2.24, 2.45) is 0 Å². The standard InChI is InChI=1S/C22H25N3O2S3.ClH/c1-28-17-8-6-16(7-9-17)21(26)25(11-10-24-12-14-27-15-13-24)22-23-20-18(29-2)4-3-5-19(20)30-22;/h3-9H,10-15H2,1-2H3;1H. The van der Waals surface area contributed by atoms with Crippen molar-refractivity contribution in [2.75, 3.05) is 56.8 Å². The van der Waals surface area contributed by atoms with E-state index in [-0.39, 0.29) is 18.3 Å². The van der Waals surface area contributed by atoms with Crippen molar-refractivity contribution in [2.45, 2.75) is 9.79 Å². The van der Waals surface area contributed by atoms with Crippen molar-refractivity contribution >= 4 is 68.5 Å². The molecule has 0 radical (unpaired) electrons. The van der Waals surface area contributed by atoms with Gasteiger partial charge in [0.15, 0.2) is 5.13 Å². The van der Waals surface area contributed by atoms with Gasteiger partial charge in [0.25, 0.3) is 5.91 Å². The molecule has 1 fully saturated rings. The molecule has 1 saturated heterocycles. The smallest absolute Gasteiger partial charge is 0.260 e. The minimum Gasteiger partial charge on any atom is -0.379 e. The first-order valence-electron chi connectivity index (χ1n) is 9.89. The molecule has 0 atom stereocenters. The van der Waals surface area contributed by atoms with Crippen LogP contribution in [0.4, 0.5) is 5.13 Å². The number of amides is 1. The molecular weight excluding hydrogens is 470 g/mol. The van der Waals surface area contributed by atoms with E-state index >= 15 is 0 Å². The van der Waals surface area contributed by atoms with Gasteiger partial charge in [0, 0.05) is 41.5 Å². The Labute approximate surface area is 202 Å². The van der Waals surface area contributed by atoms with Gasteiger partial charge in [-0.1, -0.05) is 17.4 Å². The largest absolute Gasteiger partial charge is 0.379 e. The summed E-state index contributed by atoms with van der Waals surface area (Å²) in [5.41, 5.74) is 1.67. The van der Waals surface area contributed by atoms with Crippen molar-refractivity contribution in [3.63, 3.8) is 0 Å². The van der Waals surface area contributed by atoms with Gasteiger partial charge in [0.2, 0.25) is 0 Å². The first-order chi connectivity index (χ1) is 14.7. The van der Waals surface area contributed by atoms with Crippen LogP contribution in [0, 0.1) is 0 Å². The van der Waals surface area contributed by atoms with Crippen molar-refractivity contribution in [1.82, 2.24) is 9.88 Å². The molecule has 166 valence electrons. The maximum absolute atomic E-state index is 13.5. The van der Waals surface area contributed by atoms with Crippen LogP contribution in [0.25, 0.3) is 10.2 Å². The fourth-order valence-electron chi connectivity index (χ4n) is 3.43. The molecule has 31 heavy (non-hydrogen) atoms.